The molecular weight excluding hydrogens is 452 g/mol. The van der Waals surface area contributed by atoms with Gasteiger partial charge in [0.1, 0.15) is 6.04 Å². The van der Waals surface area contributed by atoms with Crippen LogP contribution in [0.3, 0.4) is 0 Å². The Morgan fingerprint density at radius 1 is 1.25 bits per heavy atom. The molecule has 0 radical (unpaired) electrons. The summed E-state index contributed by atoms with van der Waals surface area (Å²) in [6.07, 6.45) is 0. The maximum Gasteiger partial charge on any atom is 0.243 e. The van der Waals surface area contributed by atoms with Gasteiger partial charge in [0.2, 0.25) is 17.8 Å². The maximum absolute atomic E-state index is 12.1. The van der Waals surface area contributed by atoms with Gasteiger partial charge in [0.05, 0.1) is 18.2 Å². The number of carbonyl (C=O) groups excluding carboxylic acids is 2. The SMILES string of the molecule is CNC(=O)C(CSc1nc(N)nc(-c2c(Cl)cc3c4c(cccc24)COC3)n1)NC(C)=O. The minimum absolute atomic E-state index is 0.0356. The number of nitrogens with one attached hydrogen (secondary N) is 2. The Morgan fingerprint density at radius 2 is 2.03 bits per heavy atom. The van der Waals surface area contributed by atoms with Gasteiger partial charge in [0.15, 0.2) is 11.0 Å². The molecule has 1 aliphatic rings. The molecule has 1 aliphatic heterocycles. The van der Waals surface area contributed by atoms with Crippen molar-refractivity contribution in [1.82, 2.24) is 25.6 Å². The van der Waals surface area contributed by atoms with Crippen LogP contribution in [-0.4, -0.2) is 45.6 Å². The number of hydrogen-bond acceptors (Lipinski definition) is 8. The normalized spacial score (nSPS) is 13.6. The molecule has 4 N–H and O–H groups in total. The Balaban J connectivity index is 1.72. The van der Waals surface area contributed by atoms with Crippen molar-refractivity contribution < 1.29 is 14.3 Å². The van der Waals surface area contributed by atoms with Gasteiger partial charge >= 0.3 is 0 Å². The van der Waals surface area contributed by atoms with E-state index in [1.807, 2.05) is 24.3 Å². The summed E-state index contributed by atoms with van der Waals surface area (Å²) < 4.78 is 5.65. The zero-order chi connectivity index (χ0) is 22.8. The Kier molecular flexibility index (Phi) is 6.45. The van der Waals surface area contributed by atoms with Crippen molar-refractivity contribution in [3.63, 3.8) is 0 Å². The number of amides is 2. The lowest BCUT2D eigenvalue weighted by molar-refractivity contribution is -0.127. The number of thioether (sulfide) groups is 1. The third-order valence-corrected chi connectivity index (χ3v) is 6.21. The van der Waals surface area contributed by atoms with E-state index in [4.69, 9.17) is 22.1 Å². The van der Waals surface area contributed by atoms with Crippen molar-refractivity contribution in [3.8, 4) is 11.4 Å². The third-order valence-electron chi connectivity index (χ3n) is 4.97. The number of nitrogens with two attached hydrogens (primary N) is 1. The summed E-state index contributed by atoms with van der Waals surface area (Å²) in [7, 11) is 1.51. The number of aromatic nitrogens is 3. The van der Waals surface area contributed by atoms with E-state index in [9.17, 15) is 9.59 Å². The van der Waals surface area contributed by atoms with Crippen LogP contribution in [0.5, 0.6) is 0 Å². The summed E-state index contributed by atoms with van der Waals surface area (Å²) in [5.74, 6) is -0.0279. The molecule has 0 spiro atoms. The number of hydrogen-bond donors (Lipinski definition) is 3. The summed E-state index contributed by atoms with van der Waals surface area (Å²) in [6.45, 7) is 2.36. The lowest BCUT2D eigenvalue weighted by Gasteiger charge is -2.20. The van der Waals surface area contributed by atoms with Gasteiger partial charge in [0, 0.05) is 25.3 Å². The molecule has 0 saturated carbocycles. The Morgan fingerprint density at radius 3 is 2.78 bits per heavy atom. The summed E-state index contributed by atoms with van der Waals surface area (Å²) >= 11 is 7.83. The first-order valence-corrected chi connectivity index (χ1v) is 11.2. The molecule has 0 aliphatic carbocycles. The van der Waals surface area contributed by atoms with E-state index in [0.717, 1.165) is 21.9 Å². The van der Waals surface area contributed by atoms with E-state index >= 15 is 0 Å². The second-order valence-electron chi connectivity index (χ2n) is 7.20. The van der Waals surface area contributed by atoms with Gasteiger partial charge in [-0.2, -0.15) is 9.97 Å². The van der Waals surface area contributed by atoms with Crippen molar-refractivity contribution in [2.24, 2.45) is 0 Å². The quantitative estimate of drug-likeness (QED) is 0.465. The van der Waals surface area contributed by atoms with Crippen molar-refractivity contribution in [2.75, 3.05) is 18.5 Å². The summed E-state index contributed by atoms with van der Waals surface area (Å²) in [5.41, 5.74) is 8.72. The molecule has 0 saturated heterocycles. The van der Waals surface area contributed by atoms with E-state index in [1.165, 1.54) is 25.7 Å². The summed E-state index contributed by atoms with van der Waals surface area (Å²) in [5, 5.41) is 7.95. The molecule has 0 fully saturated rings. The predicted octanol–water partition coefficient (Wildman–Crippen LogP) is 2.30. The second kappa shape index (κ2) is 9.27. The van der Waals surface area contributed by atoms with Gasteiger partial charge in [0.25, 0.3) is 0 Å². The van der Waals surface area contributed by atoms with E-state index in [0.29, 0.717) is 34.8 Å². The minimum atomic E-state index is -0.743. The Labute approximate surface area is 193 Å². The number of nitrogens with zero attached hydrogens (tertiary/aromatic N) is 3. The molecule has 1 unspecified atom stereocenters. The average Bonchev–Trinajstić information content (AvgIpc) is 2.75. The number of anilines is 1. The number of benzene rings is 2. The lowest BCUT2D eigenvalue weighted by atomic mass is 9.94. The van der Waals surface area contributed by atoms with E-state index < -0.39 is 6.04 Å². The van der Waals surface area contributed by atoms with Crippen LogP contribution in [0.2, 0.25) is 5.02 Å². The summed E-state index contributed by atoms with van der Waals surface area (Å²) in [6, 6.07) is 7.06. The molecule has 2 amide bonds. The van der Waals surface area contributed by atoms with Crippen LogP contribution >= 0.6 is 23.4 Å². The Bertz CT molecular complexity index is 1220. The van der Waals surface area contributed by atoms with Gasteiger partial charge in [-0.3, -0.25) is 9.59 Å². The van der Waals surface area contributed by atoms with Gasteiger partial charge in [-0.15, -0.1) is 0 Å². The highest BCUT2D eigenvalue weighted by molar-refractivity contribution is 7.99. The first-order chi connectivity index (χ1) is 15.4. The highest BCUT2D eigenvalue weighted by atomic mass is 35.5. The monoisotopic (exact) mass is 472 g/mol. The molecule has 3 aromatic rings. The van der Waals surface area contributed by atoms with Crippen molar-refractivity contribution >= 4 is 51.9 Å². The molecule has 2 aromatic carbocycles. The molecule has 2 heterocycles. The minimum Gasteiger partial charge on any atom is -0.372 e. The highest BCUT2D eigenvalue weighted by Gasteiger charge is 2.22. The fraction of sp³-hybridized carbons (Fsp3) is 0.286. The second-order valence-corrected chi connectivity index (χ2v) is 8.60. The smallest absolute Gasteiger partial charge is 0.243 e. The zero-order valence-corrected chi connectivity index (χ0v) is 19.0. The third kappa shape index (κ3) is 4.47. The molecule has 9 nitrogen and oxygen atoms in total. The number of rotatable bonds is 6. The summed E-state index contributed by atoms with van der Waals surface area (Å²) in [4.78, 5) is 36.6. The lowest BCUT2D eigenvalue weighted by Crippen LogP contribution is -2.46. The number of likely N-dealkylation sites (N-methyl/N-ethyl adjacent to an activating group) is 1. The van der Waals surface area contributed by atoms with Crippen LogP contribution in [0.4, 0.5) is 5.95 Å². The molecule has 1 atom stereocenters. The molecule has 166 valence electrons. The van der Waals surface area contributed by atoms with E-state index in [-0.39, 0.29) is 23.5 Å². The highest BCUT2D eigenvalue weighted by Crippen LogP contribution is 2.39. The average molecular weight is 473 g/mol. The fourth-order valence-corrected chi connectivity index (χ4v) is 4.83. The van der Waals surface area contributed by atoms with Crippen molar-refractivity contribution in [2.45, 2.75) is 31.3 Å². The Hall–Kier alpha value is -2.95. The van der Waals surface area contributed by atoms with Crippen LogP contribution in [0.1, 0.15) is 18.1 Å². The zero-order valence-electron chi connectivity index (χ0n) is 17.4. The molecule has 32 heavy (non-hydrogen) atoms. The fourth-order valence-electron chi connectivity index (χ4n) is 3.65. The van der Waals surface area contributed by atoms with Crippen LogP contribution in [0, 0.1) is 0 Å². The van der Waals surface area contributed by atoms with Gasteiger partial charge in [-0.25, -0.2) is 4.98 Å². The maximum atomic E-state index is 12.1. The molecular formula is C21H21ClN6O3S. The number of halogens is 1. The molecule has 0 bridgehead atoms. The first-order valence-electron chi connectivity index (χ1n) is 9.81. The van der Waals surface area contributed by atoms with Gasteiger partial charge in [-0.1, -0.05) is 41.6 Å². The van der Waals surface area contributed by atoms with E-state index in [2.05, 4.69) is 25.6 Å². The molecule has 11 heteroatoms. The van der Waals surface area contributed by atoms with Crippen molar-refractivity contribution in [1.29, 1.82) is 0 Å². The van der Waals surface area contributed by atoms with Crippen LogP contribution < -0.4 is 16.4 Å². The number of ether oxygens (including phenoxy) is 1. The van der Waals surface area contributed by atoms with Gasteiger partial charge in [-0.05, 0) is 28.0 Å². The first kappa shape index (κ1) is 22.3. The van der Waals surface area contributed by atoms with Crippen molar-refractivity contribution in [3.05, 3.63) is 40.4 Å². The topological polar surface area (TPSA) is 132 Å². The van der Waals surface area contributed by atoms with Crippen LogP contribution in [0.25, 0.3) is 22.2 Å². The van der Waals surface area contributed by atoms with Gasteiger partial charge < -0.3 is 21.1 Å². The largest absolute Gasteiger partial charge is 0.372 e. The molecule has 4 rings (SSSR count). The van der Waals surface area contributed by atoms with E-state index in [1.54, 1.807) is 0 Å². The van der Waals surface area contributed by atoms with Crippen LogP contribution in [-0.2, 0) is 27.5 Å². The number of carbonyl (C=O) groups is 2. The van der Waals surface area contributed by atoms with Crippen LogP contribution in [0.15, 0.2) is 29.4 Å². The number of nitrogen functional groups attached to an aromatic ring is 1. The molecule has 1 aromatic heterocycles. The standard InChI is InChI=1S/C21H21ClN6O3S/c1-10(29)25-15(19(30)24-2)9-32-21-27-18(26-20(23)28-21)17-13-5-3-4-11-7-31-8-12(16(11)13)6-14(17)22/h3-6,15H,7-9H2,1-2H3,(H,24,30)(H,25,29)(H2,23,26,27,28). The predicted molar refractivity (Wildman–Crippen MR) is 123 cm³/mol.